The van der Waals surface area contributed by atoms with Crippen LogP contribution in [0.25, 0.3) is 0 Å². The van der Waals surface area contributed by atoms with Gasteiger partial charge in [0.2, 0.25) is 0 Å². The highest BCUT2D eigenvalue weighted by molar-refractivity contribution is 9.10. The highest BCUT2D eigenvalue weighted by atomic mass is 79.9. The topological polar surface area (TPSA) is 51.2 Å². The Morgan fingerprint density at radius 3 is 2.14 bits per heavy atom. The second kappa shape index (κ2) is 5.39. The maximum absolute atomic E-state index is 12.6. The SMILES string of the molecule is O=C[C@@H]1[C@H](c2ccc(Br)cc2)[C@H]1S(=O)(=O)c1ccccc1. The minimum Gasteiger partial charge on any atom is -0.303 e. The van der Waals surface area contributed by atoms with E-state index in [2.05, 4.69) is 15.9 Å². The molecule has 3 rings (SSSR count). The molecule has 0 amide bonds. The van der Waals surface area contributed by atoms with Crippen molar-refractivity contribution in [2.24, 2.45) is 5.92 Å². The van der Waals surface area contributed by atoms with E-state index in [1.54, 1.807) is 30.3 Å². The molecule has 1 aliphatic carbocycles. The summed E-state index contributed by atoms with van der Waals surface area (Å²) >= 11 is 3.35. The molecule has 0 heterocycles. The predicted molar refractivity (Wildman–Crippen MR) is 83.9 cm³/mol. The Labute approximate surface area is 132 Å². The highest BCUT2D eigenvalue weighted by Crippen LogP contribution is 2.52. The molecule has 0 saturated heterocycles. The third-order valence-corrected chi connectivity index (χ3v) is 6.63. The van der Waals surface area contributed by atoms with Crippen molar-refractivity contribution in [1.29, 1.82) is 0 Å². The number of halogens is 1. The zero-order chi connectivity index (χ0) is 15.0. The first-order chi connectivity index (χ1) is 10.1. The molecule has 0 aliphatic heterocycles. The summed E-state index contributed by atoms with van der Waals surface area (Å²) in [5.41, 5.74) is 0.889. The maximum Gasteiger partial charge on any atom is 0.182 e. The number of hydrogen-bond acceptors (Lipinski definition) is 3. The molecule has 5 heteroatoms. The number of benzene rings is 2. The molecule has 2 aromatic carbocycles. The zero-order valence-electron chi connectivity index (χ0n) is 11.0. The van der Waals surface area contributed by atoms with Gasteiger partial charge in [-0.25, -0.2) is 8.42 Å². The molecule has 0 bridgehead atoms. The Balaban J connectivity index is 1.96. The van der Waals surface area contributed by atoms with Crippen molar-refractivity contribution >= 4 is 32.1 Å². The van der Waals surface area contributed by atoms with E-state index in [1.807, 2.05) is 24.3 Å². The van der Waals surface area contributed by atoms with Gasteiger partial charge in [-0.3, -0.25) is 0 Å². The lowest BCUT2D eigenvalue weighted by atomic mass is 10.1. The van der Waals surface area contributed by atoms with Crippen LogP contribution >= 0.6 is 15.9 Å². The molecule has 1 aliphatic rings. The summed E-state index contributed by atoms with van der Waals surface area (Å²) < 4.78 is 26.2. The van der Waals surface area contributed by atoms with Crippen LogP contribution in [0.2, 0.25) is 0 Å². The Morgan fingerprint density at radius 1 is 0.952 bits per heavy atom. The van der Waals surface area contributed by atoms with E-state index in [0.717, 1.165) is 16.3 Å². The third kappa shape index (κ3) is 2.56. The summed E-state index contributed by atoms with van der Waals surface area (Å²) in [6.07, 6.45) is 0.762. The minimum atomic E-state index is -3.48. The van der Waals surface area contributed by atoms with E-state index in [0.29, 0.717) is 0 Å². The second-order valence-electron chi connectivity index (χ2n) is 5.11. The highest BCUT2D eigenvalue weighted by Gasteiger charge is 2.58. The first-order valence-electron chi connectivity index (χ1n) is 6.55. The lowest BCUT2D eigenvalue weighted by molar-refractivity contribution is -0.108. The van der Waals surface area contributed by atoms with Crippen molar-refractivity contribution < 1.29 is 13.2 Å². The normalized spacial score (nSPS) is 24.5. The van der Waals surface area contributed by atoms with E-state index < -0.39 is 21.0 Å². The van der Waals surface area contributed by atoms with Crippen molar-refractivity contribution in [3.05, 3.63) is 64.6 Å². The van der Waals surface area contributed by atoms with Gasteiger partial charge in [-0.1, -0.05) is 46.3 Å². The lowest BCUT2D eigenvalue weighted by Gasteiger charge is -2.04. The molecule has 0 aromatic heterocycles. The summed E-state index contributed by atoms with van der Waals surface area (Å²) in [6, 6.07) is 15.8. The van der Waals surface area contributed by atoms with Crippen LogP contribution in [0.1, 0.15) is 11.5 Å². The van der Waals surface area contributed by atoms with Gasteiger partial charge in [0.05, 0.1) is 10.1 Å². The average molecular weight is 365 g/mol. The number of sulfone groups is 1. The van der Waals surface area contributed by atoms with E-state index in [1.165, 1.54) is 0 Å². The summed E-state index contributed by atoms with van der Waals surface area (Å²) in [5, 5.41) is -0.654. The minimum absolute atomic E-state index is 0.249. The first kappa shape index (κ1) is 14.5. The van der Waals surface area contributed by atoms with E-state index in [9.17, 15) is 13.2 Å². The van der Waals surface area contributed by atoms with Gasteiger partial charge >= 0.3 is 0 Å². The van der Waals surface area contributed by atoms with E-state index >= 15 is 0 Å². The fourth-order valence-corrected chi connectivity index (χ4v) is 5.13. The van der Waals surface area contributed by atoms with E-state index in [4.69, 9.17) is 0 Å². The molecular formula is C16H13BrO3S. The summed E-state index contributed by atoms with van der Waals surface area (Å²) in [6.45, 7) is 0. The molecular weight excluding hydrogens is 352 g/mol. The summed E-state index contributed by atoms with van der Waals surface area (Å²) in [7, 11) is -3.48. The average Bonchev–Trinajstić information content (AvgIpc) is 3.24. The predicted octanol–water partition coefficient (Wildman–Crippen LogP) is 3.20. The summed E-state index contributed by atoms with van der Waals surface area (Å²) in [5.74, 6) is -0.711. The van der Waals surface area contributed by atoms with Crippen LogP contribution in [0.4, 0.5) is 0 Å². The van der Waals surface area contributed by atoms with Gasteiger partial charge in [0.25, 0.3) is 0 Å². The van der Waals surface area contributed by atoms with Gasteiger partial charge in [0, 0.05) is 16.3 Å². The maximum atomic E-state index is 12.6. The monoisotopic (exact) mass is 364 g/mol. The van der Waals surface area contributed by atoms with Crippen molar-refractivity contribution in [1.82, 2.24) is 0 Å². The molecule has 0 unspecified atom stereocenters. The van der Waals surface area contributed by atoms with Crippen LogP contribution < -0.4 is 0 Å². The number of carbonyl (C=O) groups excluding carboxylic acids is 1. The molecule has 3 nitrogen and oxygen atoms in total. The first-order valence-corrected chi connectivity index (χ1v) is 8.89. The largest absolute Gasteiger partial charge is 0.303 e. The van der Waals surface area contributed by atoms with Gasteiger partial charge in [-0.15, -0.1) is 0 Å². The van der Waals surface area contributed by atoms with Crippen LogP contribution in [0.5, 0.6) is 0 Å². The number of aldehydes is 1. The molecule has 3 atom stereocenters. The van der Waals surface area contributed by atoms with Crippen LogP contribution in [0.3, 0.4) is 0 Å². The molecule has 21 heavy (non-hydrogen) atoms. The van der Waals surface area contributed by atoms with Crippen LogP contribution in [-0.2, 0) is 14.6 Å². The van der Waals surface area contributed by atoms with Gasteiger partial charge in [-0.2, -0.15) is 0 Å². The Bertz CT molecular complexity index is 754. The summed E-state index contributed by atoms with van der Waals surface area (Å²) in [4.78, 5) is 11.5. The number of carbonyl (C=O) groups is 1. The molecule has 108 valence electrons. The standard InChI is InChI=1S/C16H13BrO3S/c17-12-8-6-11(7-9-12)15-14(10-18)16(15)21(19,20)13-4-2-1-3-5-13/h1-10,14-16H/t14-,15+,16+/m1/s1. The molecule has 0 N–H and O–H groups in total. The molecule has 0 radical (unpaired) electrons. The van der Waals surface area contributed by atoms with Crippen LogP contribution in [-0.4, -0.2) is 20.0 Å². The smallest absolute Gasteiger partial charge is 0.182 e. The Morgan fingerprint density at radius 2 is 1.57 bits per heavy atom. The number of hydrogen-bond donors (Lipinski definition) is 0. The quantitative estimate of drug-likeness (QED) is 0.782. The van der Waals surface area contributed by atoms with Gasteiger partial charge < -0.3 is 4.79 Å². The fourth-order valence-electron chi connectivity index (χ4n) is 2.73. The fraction of sp³-hybridized carbons (Fsp3) is 0.188. The third-order valence-electron chi connectivity index (χ3n) is 3.85. The van der Waals surface area contributed by atoms with Crippen LogP contribution in [0, 0.1) is 5.92 Å². The van der Waals surface area contributed by atoms with Crippen molar-refractivity contribution in [2.75, 3.05) is 0 Å². The molecule has 1 saturated carbocycles. The van der Waals surface area contributed by atoms with Crippen LogP contribution in [0.15, 0.2) is 64.0 Å². The molecule has 2 aromatic rings. The Hall–Kier alpha value is -1.46. The van der Waals surface area contributed by atoms with E-state index in [-0.39, 0.29) is 10.8 Å². The van der Waals surface area contributed by atoms with Crippen molar-refractivity contribution in [3.8, 4) is 0 Å². The van der Waals surface area contributed by atoms with Crippen molar-refractivity contribution in [3.63, 3.8) is 0 Å². The second-order valence-corrected chi connectivity index (χ2v) is 8.13. The number of rotatable bonds is 4. The lowest BCUT2D eigenvalue weighted by Crippen LogP contribution is -2.10. The van der Waals surface area contributed by atoms with Gasteiger partial charge in [0.15, 0.2) is 9.84 Å². The van der Waals surface area contributed by atoms with Gasteiger partial charge in [-0.05, 0) is 29.8 Å². The zero-order valence-corrected chi connectivity index (χ0v) is 13.4. The molecule has 0 spiro atoms. The Kier molecular flexibility index (Phi) is 3.71. The van der Waals surface area contributed by atoms with Gasteiger partial charge in [0.1, 0.15) is 6.29 Å². The van der Waals surface area contributed by atoms with Crippen molar-refractivity contribution in [2.45, 2.75) is 16.1 Å². The molecule has 1 fully saturated rings.